The van der Waals surface area contributed by atoms with E-state index >= 15 is 0 Å². The Morgan fingerprint density at radius 3 is 2.62 bits per heavy atom. The zero-order valence-electron chi connectivity index (χ0n) is 8.97. The van der Waals surface area contributed by atoms with Gasteiger partial charge in [0.05, 0.1) is 0 Å². The van der Waals surface area contributed by atoms with E-state index in [9.17, 15) is 4.79 Å². The van der Waals surface area contributed by atoms with E-state index in [1.165, 1.54) is 16.9 Å². The fourth-order valence-corrected chi connectivity index (χ4v) is 1.92. The monoisotopic (exact) mass is 232 g/mol. The predicted molar refractivity (Wildman–Crippen MR) is 64.6 cm³/mol. The third-order valence-corrected chi connectivity index (χ3v) is 3.06. The summed E-state index contributed by atoms with van der Waals surface area (Å²) in [5, 5.41) is 1.86. The van der Waals surface area contributed by atoms with Crippen LogP contribution in [0.1, 0.15) is 20.8 Å². The molecule has 0 saturated heterocycles. The van der Waals surface area contributed by atoms with E-state index in [1.54, 1.807) is 6.07 Å². The highest BCUT2D eigenvalue weighted by Crippen LogP contribution is 2.12. The molecule has 0 spiro atoms. The quantitative estimate of drug-likeness (QED) is 0.758. The van der Waals surface area contributed by atoms with Crippen molar-refractivity contribution < 1.29 is 9.53 Å². The first-order chi connectivity index (χ1) is 7.75. The van der Waals surface area contributed by atoms with Crippen molar-refractivity contribution in [2.45, 2.75) is 13.5 Å². The molecule has 2 rings (SSSR count). The molecule has 0 bridgehead atoms. The van der Waals surface area contributed by atoms with Crippen LogP contribution in [-0.2, 0) is 11.3 Å². The molecule has 16 heavy (non-hydrogen) atoms. The van der Waals surface area contributed by atoms with Gasteiger partial charge in [-0.2, -0.15) is 0 Å². The molecule has 3 heteroatoms. The molecule has 2 aromatic rings. The topological polar surface area (TPSA) is 26.3 Å². The van der Waals surface area contributed by atoms with Crippen LogP contribution in [0, 0.1) is 6.92 Å². The Labute approximate surface area is 98.5 Å². The number of aryl methyl sites for hydroxylation is 1. The summed E-state index contributed by atoms with van der Waals surface area (Å²) in [5.41, 5.74) is 2.21. The van der Waals surface area contributed by atoms with Crippen LogP contribution in [0.4, 0.5) is 0 Å². The average Bonchev–Trinajstić information content (AvgIpc) is 2.81. The number of thiophene rings is 1. The van der Waals surface area contributed by atoms with Gasteiger partial charge in [-0.1, -0.05) is 35.9 Å². The van der Waals surface area contributed by atoms with Crippen molar-refractivity contribution >= 4 is 17.3 Å². The molecule has 0 fully saturated rings. The van der Waals surface area contributed by atoms with Crippen molar-refractivity contribution in [1.29, 1.82) is 0 Å². The Morgan fingerprint density at radius 1 is 1.25 bits per heavy atom. The van der Waals surface area contributed by atoms with Gasteiger partial charge in [0.15, 0.2) is 0 Å². The molecule has 0 unspecified atom stereocenters. The standard InChI is InChI=1S/C13H12O2S/c1-10-4-6-11(7-5-10)9-15-13(14)12-3-2-8-16-12/h2-8H,9H2,1H3. The largest absolute Gasteiger partial charge is 0.457 e. The first kappa shape index (κ1) is 10.9. The van der Waals surface area contributed by atoms with Gasteiger partial charge in [0, 0.05) is 0 Å². The Bertz CT molecular complexity index is 457. The maximum atomic E-state index is 11.5. The van der Waals surface area contributed by atoms with Crippen LogP contribution in [0.2, 0.25) is 0 Å². The smallest absolute Gasteiger partial charge is 0.348 e. The van der Waals surface area contributed by atoms with Crippen LogP contribution in [-0.4, -0.2) is 5.97 Å². The summed E-state index contributed by atoms with van der Waals surface area (Å²) < 4.78 is 5.18. The van der Waals surface area contributed by atoms with Crippen LogP contribution in [0.25, 0.3) is 0 Å². The molecule has 1 heterocycles. The van der Waals surface area contributed by atoms with Crippen LogP contribution in [0.3, 0.4) is 0 Å². The molecular formula is C13H12O2S. The Morgan fingerprint density at radius 2 is 2.00 bits per heavy atom. The van der Waals surface area contributed by atoms with E-state index in [0.29, 0.717) is 11.5 Å². The number of esters is 1. The number of carbonyl (C=O) groups is 1. The molecule has 0 radical (unpaired) electrons. The molecule has 0 N–H and O–H groups in total. The summed E-state index contributed by atoms with van der Waals surface area (Å²) in [6.45, 7) is 2.36. The lowest BCUT2D eigenvalue weighted by molar-refractivity contribution is 0.0478. The van der Waals surface area contributed by atoms with Gasteiger partial charge in [-0.05, 0) is 23.9 Å². The van der Waals surface area contributed by atoms with Crippen molar-refractivity contribution in [3.63, 3.8) is 0 Å². The van der Waals surface area contributed by atoms with Crippen molar-refractivity contribution in [2.75, 3.05) is 0 Å². The number of hydrogen-bond donors (Lipinski definition) is 0. The van der Waals surface area contributed by atoms with Crippen molar-refractivity contribution in [2.24, 2.45) is 0 Å². The molecule has 82 valence electrons. The molecule has 0 aliphatic rings. The average molecular weight is 232 g/mol. The minimum absolute atomic E-state index is 0.254. The second-order valence-electron chi connectivity index (χ2n) is 3.54. The van der Waals surface area contributed by atoms with Gasteiger partial charge in [-0.25, -0.2) is 4.79 Å². The van der Waals surface area contributed by atoms with Crippen molar-refractivity contribution in [3.8, 4) is 0 Å². The number of rotatable bonds is 3. The van der Waals surface area contributed by atoms with E-state index < -0.39 is 0 Å². The third-order valence-electron chi connectivity index (χ3n) is 2.21. The first-order valence-corrected chi connectivity index (χ1v) is 5.90. The van der Waals surface area contributed by atoms with Gasteiger partial charge >= 0.3 is 5.97 Å². The molecule has 0 aliphatic heterocycles. The molecule has 0 aliphatic carbocycles. The zero-order chi connectivity index (χ0) is 11.4. The van der Waals surface area contributed by atoms with Gasteiger partial charge in [-0.15, -0.1) is 11.3 Å². The fraction of sp³-hybridized carbons (Fsp3) is 0.154. The number of hydrogen-bond acceptors (Lipinski definition) is 3. The van der Waals surface area contributed by atoms with Gasteiger partial charge in [0.1, 0.15) is 11.5 Å². The maximum absolute atomic E-state index is 11.5. The maximum Gasteiger partial charge on any atom is 0.348 e. The van der Waals surface area contributed by atoms with Gasteiger partial charge in [0.2, 0.25) is 0 Å². The lowest BCUT2D eigenvalue weighted by Gasteiger charge is -2.03. The number of carbonyl (C=O) groups excluding carboxylic acids is 1. The summed E-state index contributed by atoms with van der Waals surface area (Å²) in [6.07, 6.45) is 0. The summed E-state index contributed by atoms with van der Waals surface area (Å²) in [4.78, 5) is 12.2. The second kappa shape index (κ2) is 4.94. The molecule has 0 saturated carbocycles. The normalized spacial score (nSPS) is 10.1. The molecule has 2 nitrogen and oxygen atoms in total. The van der Waals surface area contributed by atoms with Crippen LogP contribution < -0.4 is 0 Å². The number of benzene rings is 1. The van der Waals surface area contributed by atoms with Gasteiger partial charge < -0.3 is 4.74 Å². The summed E-state index contributed by atoms with van der Waals surface area (Å²) in [6, 6.07) is 11.6. The Balaban J connectivity index is 1.93. The third kappa shape index (κ3) is 2.70. The summed E-state index contributed by atoms with van der Waals surface area (Å²) in [7, 11) is 0. The molecule has 0 atom stereocenters. The van der Waals surface area contributed by atoms with E-state index in [0.717, 1.165) is 5.56 Å². The van der Waals surface area contributed by atoms with Crippen LogP contribution >= 0.6 is 11.3 Å². The summed E-state index contributed by atoms with van der Waals surface area (Å²) in [5.74, 6) is -0.254. The van der Waals surface area contributed by atoms with Crippen LogP contribution in [0.15, 0.2) is 41.8 Å². The van der Waals surface area contributed by atoms with Gasteiger partial charge in [0.25, 0.3) is 0 Å². The van der Waals surface area contributed by atoms with E-state index in [4.69, 9.17) is 4.74 Å². The summed E-state index contributed by atoms with van der Waals surface area (Å²) >= 11 is 1.39. The highest BCUT2D eigenvalue weighted by Gasteiger charge is 2.07. The zero-order valence-corrected chi connectivity index (χ0v) is 9.79. The minimum Gasteiger partial charge on any atom is -0.457 e. The van der Waals surface area contributed by atoms with Crippen molar-refractivity contribution in [3.05, 3.63) is 57.8 Å². The van der Waals surface area contributed by atoms with E-state index in [-0.39, 0.29) is 5.97 Å². The number of ether oxygens (including phenoxy) is 1. The Kier molecular flexibility index (Phi) is 3.37. The van der Waals surface area contributed by atoms with Gasteiger partial charge in [-0.3, -0.25) is 0 Å². The fourth-order valence-electron chi connectivity index (χ4n) is 1.30. The first-order valence-electron chi connectivity index (χ1n) is 5.02. The van der Waals surface area contributed by atoms with E-state index in [1.807, 2.05) is 42.6 Å². The minimum atomic E-state index is -0.254. The molecule has 1 aromatic carbocycles. The lowest BCUT2D eigenvalue weighted by atomic mass is 10.2. The highest BCUT2D eigenvalue weighted by molar-refractivity contribution is 7.11. The Hall–Kier alpha value is -1.61. The van der Waals surface area contributed by atoms with Crippen molar-refractivity contribution in [1.82, 2.24) is 0 Å². The SMILES string of the molecule is Cc1ccc(COC(=O)c2cccs2)cc1. The predicted octanol–water partition coefficient (Wildman–Crippen LogP) is 3.41. The lowest BCUT2D eigenvalue weighted by Crippen LogP contribution is -2.02. The van der Waals surface area contributed by atoms with E-state index in [2.05, 4.69) is 0 Å². The van der Waals surface area contributed by atoms with Crippen LogP contribution in [0.5, 0.6) is 0 Å². The molecular weight excluding hydrogens is 220 g/mol. The second-order valence-corrected chi connectivity index (χ2v) is 4.49. The highest BCUT2D eigenvalue weighted by atomic mass is 32.1. The molecule has 1 aromatic heterocycles. The molecule has 0 amide bonds.